The maximum absolute atomic E-state index is 11.5. The Morgan fingerprint density at radius 1 is 1.42 bits per heavy atom. The third-order valence-electron chi connectivity index (χ3n) is 4.04. The first-order valence-electron chi connectivity index (χ1n) is 7.54. The Bertz CT molecular complexity index is 838. The average molecular weight is 323 g/mol. The van der Waals surface area contributed by atoms with Crippen LogP contribution in [0.2, 0.25) is 0 Å². The zero-order valence-corrected chi connectivity index (χ0v) is 13.2. The van der Waals surface area contributed by atoms with Crippen LogP contribution >= 0.6 is 0 Å². The SMILES string of the molecule is C#Cc1ccc(-c2nnc(C(OC)C(N)=O)cc2C2CC2)c(O)c1. The van der Waals surface area contributed by atoms with E-state index in [4.69, 9.17) is 16.9 Å². The second-order valence-corrected chi connectivity index (χ2v) is 5.74. The second-order valence-electron chi connectivity index (χ2n) is 5.74. The van der Waals surface area contributed by atoms with Crippen molar-refractivity contribution < 1.29 is 14.6 Å². The number of rotatable bonds is 5. The van der Waals surface area contributed by atoms with E-state index < -0.39 is 12.0 Å². The Balaban J connectivity index is 2.09. The summed E-state index contributed by atoms with van der Waals surface area (Å²) in [7, 11) is 1.40. The van der Waals surface area contributed by atoms with Gasteiger partial charge in [-0.2, -0.15) is 5.10 Å². The van der Waals surface area contributed by atoms with Crippen molar-refractivity contribution in [3.8, 4) is 29.4 Å². The molecule has 3 rings (SSSR count). The lowest BCUT2D eigenvalue weighted by Crippen LogP contribution is -2.24. The minimum atomic E-state index is -0.943. The van der Waals surface area contributed by atoms with E-state index in [0.717, 1.165) is 18.4 Å². The third kappa shape index (κ3) is 2.94. The lowest BCUT2D eigenvalue weighted by Gasteiger charge is -2.14. The molecular formula is C18H17N3O3. The summed E-state index contributed by atoms with van der Waals surface area (Å²) in [6, 6.07) is 6.76. The number of phenols is 1. The number of aromatic hydroxyl groups is 1. The van der Waals surface area contributed by atoms with Gasteiger partial charge in [0.2, 0.25) is 0 Å². The van der Waals surface area contributed by atoms with Crippen LogP contribution in [0.15, 0.2) is 24.3 Å². The molecule has 1 aliphatic carbocycles. The van der Waals surface area contributed by atoms with Gasteiger partial charge in [-0.25, -0.2) is 0 Å². The summed E-state index contributed by atoms with van der Waals surface area (Å²) in [6.45, 7) is 0. The number of carbonyl (C=O) groups excluding carboxylic acids is 1. The molecule has 1 amide bonds. The third-order valence-corrected chi connectivity index (χ3v) is 4.04. The van der Waals surface area contributed by atoms with Crippen LogP contribution in [0.25, 0.3) is 11.3 Å². The Hall–Kier alpha value is -2.91. The van der Waals surface area contributed by atoms with Crippen molar-refractivity contribution in [2.75, 3.05) is 7.11 Å². The molecule has 1 aromatic heterocycles. The summed E-state index contributed by atoms with van der Waals surface area (Å²) < 4.78 is 5.10. The molecule has 1 heterocycles. The van der Waals surface area contributed by atoms with Crippen LogP contribution < -0.4 is 5.73 Å². The molecule has 3 N–H and O–H groups in total. The number of terminal acetylenes is 1. The van der Waals surface area contributed by atoms with Gasteiger partial charge in [0.25, 0.3) is 5.91 Å². The Labute approximate surface area is 139 Å². The van der Waals surface area contributed by atoms with Gasteiger partial charge in [-0.05, 0) is 48.6 Å². The van der Waals surface area contributed by atoms with Gasteiger partial charge in [-0.3, -0.25) is 4.79 Å². The first-order valence-corrected chi connectivity index (χ1v) is 7.54. The number of nitrogens with two attached hydrogens (primary N) is 1. The second kappa shape index (κ2) is 6.30. The van der Waals surface area contributed by atoms with Crippen LogP contribution in [0.3, 0.4) is 0 Å². The summed E-state index contributed by atoms with van der Waals surface area (Å²) in [5.74, 6) is 2.23. The number of aromatic nitrogens is 2. The molecule has 2 aromatic rings. The number of hydrogen-bond acceptors (Lipinski definition) is 5. The summed E-state index contributed by atoms with van der Waals surface area (Å²) in [4.78, 5) is 11.5. The first kappa shape index (κ1) is 16.0. The van der Waals surface area contributed by atoms with Crippen molar-refractivity contribution in [1.29, 1.82) is 0 Å². The minimum Gasteiger partial charge on any atom is -0.507 e. The van der Waals surface area contributed by atoms with Crippen LogP contribution in [0.4, 0.5) is 0 Å². The van der Waals surface area contributed by atoms with Crippen molar-refractivity contribution in [2.45, 2.75) is 24.9 Å². The first-order chi connectivity index (χ1) is 11.5. The van der Waals surface area contributed by atoms with E-state index in [1.54, 1.807) is 18.2 Å². The lowest BCUT2D eigenvalue weighted by molar-refractivity contribution is -0.128. The largest absolute Gasteiger partial charge is 0.507 e. The predicted octanol–water partition coefficient (Wildman–Crippen LogP) is 1.88. The van der Waals surface area contributed by atoms with Gasteiger partial charge < -0.3 is 15.6 Å². The van der Waals surface area contributed by atoms with Crippen LogP contribution in [0.1, 0.15) is 41.7 Å². The van der Waals surface area contributed by atoms with Crippen molar-refractivity contribution in [2.24, 2.45) is 5.73 Å². The molecule has 0 aliphatic heterocycles. The zero-order valence-electron chi connectivity index (χ0n) is 13.2. The number of phenolic OH excluding ortho intramolecular Hbond substituents is 1. The number of methoxy groups -OCH3 is 1. The number of carbonyl (C=O) groups is 1. The topological polar surface area (TPSA) is 98.3 Å². The number of benzene rings is 1. The van der Waals surface area contributed by atoms with Gasteiger partial charge in [0.05, 0.1) is 0 Å². The molecule has 1 aromatic carbocycles. The van der Waals surface area contributed by atoms with E-state index in [-0.39, 0.29) is 5.75 Å². The molecule has 6 heteroatoms. The van der Waals surface area contributed by atoms with Gasteiger partial charge in [-0.1, -0.05) is 5.92 Å². The van der Waals surface area contributed by atoms with Crippen LogP contribution in [-0.4, -0.2) is 28.3 Å². The quantitative estimate of drug-likeness (QED) is 0.819. The highest BCUT2D eigenvalue weighted by molar-refractivity contribution is 5.80. The summed E-state index contributed by atoms with van der Waals surface area (Å²) >= 11 is 0. The van der Waals surface area contributed by atoms with Crippen LogP contribution in [0, 0.1) is 12.3 Å². The van der Waals surface area contributed by atoms with Gasteiger partial charge in [-0.15, -0.1) is 11.5 Å². The molecule has 1 saturated carbocycles. The number of hydrogen-bond donors (Lipinski definition) is 2. The molecule has 1 fully saturated rings. The van der Waals surface area contributed by atoms with Crippen molar-refractivity contribution >= 4 is 5.91 Å². The standard InChI is InChI=1S/C18H17N3O3/c1-3-10-4-7-12(15(22)8-10)16-13(11-5-6-11)9-14(20-21-16)17(24-2)18(19)23/h1,4,7-9,11,17,22H,5-6H2,2H3,(H2,19,23). The van der Waals surface area contributed by atoms with Crippen molar-refractivity contribution in [3.63, 3.8) is 0 Å². The van der Waals surface area contributed by atoms with Gasteiger partial charge in [0.15, 0.2) is 6.10 Å². The number of nitrogens with zero attached hydrogens (tertiary/aromatic N) is 2. The monoisotopic (exact) mass is 323 g/mol. The number of amides is 1. The van der Waals surface area contributed by atoms with E-state index in [0.29, 0.717) is 28.4 Å². The van der Waals surface area contributed by atoms with Gasteiger partial charge in [0.1, 0.15) is 17.1 Å². The molecule has 1 atom stereocenters. The zero-order chi connectivity index (χ0) is 17.3. The van der Waals surface area contributed by atoms with E-state index >= 15 is 0 Å². The minimum absolute atomic E-state index is 0.0487. The maximum Gasteiger partial charge on any atom is 0.252 e. The highest BCUT2D eigenvalue weighted by Gasteiger charge is 2.30. The normalized spacial score (nSPS) is 14.8. The van der Waals surface area contributed by atoms with Crippen LogP contribution in [-0.2, 0) is 9.53 Å². The molecule has 0 radical (unpaired) electrons. The summed E-state index contributed by atoms with van der Waals surface area (Å²) in [5, 5.41) is 18.6. The average Bonchev–Trinajstić information content (AvgIpc) is 3.40. The molecule has 0 bridgehead atoms. The highest BCUT2D eigenvalue weighted by Crippen LogP contribution is 2.45. The molecule has 6 nitrogen and oxygen atoms in total. The smallest absolute Gasteiger partial charge is 0.252 e. The van der Waals surface area contributed by atoms with E-state index in [1.165, 1.54) is 13.2 Å². The molecule has 1 unspecified atom stereocenters. The van der Waals surface area contributed by atoms with Gasteiger partial charge in [0, 0.05) is 18.2 Å². The Kier molecular flexibility index (Phi) is 4.19. The molecule has 0 spiro atoms. The highest BCUT2D eigenvalue weighted by atomic mass is 16.5. The summed E-state index contributed by atoms with van der Waals surface area (Å²) in [6.07, 6.45) is 6.45. The maximum atomic E-state index is 11.5. The fraction of sp³-hybridized carbons (Fsp3) is 0.278. The molecular weight excluding hydrogens is 306 g/mol. The molecule has 24 heavy (non-hydrogen) atoms. The Morgan fingerprint density at radius 2 is 2.17 bits per heavy atom. The van der Waals surface area contributed by atoms with E-state index in [9.17, 15) is 9.90 Å². The van der Waals surface area contributed by atoms with Crippen molar-refractivity contribution in [1.82, 2.24) is 10.2 Å². The fourth-order valence-corrected chi connectivity index (χ4v) is 2.67. The van der Waals surface area contributed by atoms with E-state index in [2.05, 4.69) is 16.1 Å². The van der Waals surface area contributed by atoms with E-state index in [1.807, 2.05) is 0 Å². The van der Waals surface area contributed by atoms with Crippen molar-refractivity contribution in [3.05, 3.63) is 41.1 Å². The Morgan fingerprint density at radius 3 is 2.71 bits per heavy atom. The predicted molar refractivity (Wildman–Crippen MR) is 88.0 cm³/mol. The fourth-order valence-electron chi connectivity index (χ4n) is 2.67. The van der Waals surface area contributed by atoms with Gasteiger partial charge >= 0.3 is 0 Å². The molecule has 1 aliphatic rings. The lowest BCUT2D eigenvalue weighted by atomic mass is 9.99. The summed E-state index contributed by atoms with van der Waals surface area (Å²) in [5.41, 5.74) is 8.36. The number of primary amides is 1. The molecule has 0 saturated heterocycles. The molecule has 122 valence electrons. The van der Waals surface area contributed by atoms with Crippen LogP contribution in [0.5, 0.6) is 5.75 Å². The number of ether oxygens (including phenoxy) is 1.